The normalized spacial score (nSPS) is 11.7. The van der Waals surface area contributed by atoms with E-state index in [1.165, 1.54) is 12.3 Å². The zero-order chi connectivity index (χ0) is 9.45. The summed E-state index contributed by atoms with van der Waals surface area (Å²) in [5, 5.41) is 8.12. The van der Waals surface area contributed by atoms with Gasteiger partial charge in [-0.15, -0.1) is 0 Å². The maximum atomic E-state index is 10.6. The van der Waals surface area contributed by atoms with Gasteiger partial charge in [0.25, 0.3) is 0 Å². The van der Waals surface area contributed by atoms with Gasteiger partial charge in [0, 0.05) is 18.1 Å². The summed E-state index contributed by atoms with van der Waals surface area (Å²) in [6.07, 6.45) is 6.68. The van der Waals surface area contributed by atoms with E-state index in [1.54, 1.807) is 6.08 Å². The summed E-state index contributed by atoms with van der Waals surface area (Å²) in [4.78, 5) is 0. The lowest BCUT2D eigenvalue weighted by molar-refractivity contribution is 0.597. The second kappa shape index (κ2) is 5.78. The van der Waals surface area contributed by atoms with Crippen LogP contribution in [0.5, 0.6) is 0 Å². The van der Waals surface area contributed by atoms with Crippen molar-refractivity contribution >= 4 is 9.84 Å². The molecular weight excluding hydrogens is 174 g/mol. The Balaban J connectivity index is 3.36. The number of nitriles is 1. The van der Waals surface area contributed by atoms with Gasteiger partial charge < -0.3 is 0 Å². The molecular formula is C8H13NO2S. The quantitative estimate of drug-likeness (QED) is 0.481. The summed E-state index contributed by atoms with van der Waals surface area (Å²) >= 11 is 0. The molecule has 3 nitrogen and oxygen atoms in total. The molecule has 0 unspecified atom stereocenters. The van der Waals surface area contributed by atoms with Crippen molar-refractivity contribution in [1.82, 2.24) is 0 Å². The van der Waals surface area contributed by atoms with Crippen molar-refractivity contribution in [2.75, 3.05) is 12.0 Å². The Hall–Kier alpha value is -0.820. The summed E-state index contributed by atoms with van der Waals surface area (Å²) in [6.45, 7) is 0. The molecule has 0 bridgehead atoms. The third-order valence-electron chi connectivity index (χ3n) is 1.33. The minimum atomic E-state index is -2.81. The van der Waals surface area contributed by atoms with Crippen LogP contribution < -0.4 is 0 Å². The summed E-state index contributed by atoms with van der Waals surface area (Å²) in [6, 6.07) is 1.88. The van der Waals surface area contributed by atoms with Gasteiger partial charge >= 0.3 is 0 Å². The van der Waals surface area contributed by atoms with E-state index in [9.17, 15) is 8.42 Å². The summed E-state index contributed by atoms with van der Waals surface area (Å²) in [5.41, 5.74) is 0. The molecule has 0 aliphatic carbocycles. The van der Waals surface area contributed by atoms with Crippen LogP contribution >= 0.6 is 0 Å². The van der Waals surface area contributed by atoms with E-state index in [0.29, 0.717) is 6.42 Å². The number of allylic oxidation sites excluding steroid dienone is 2. The van der Waals surface area contributed by atoms with Crippen LogP contribution in [-0.4, -0.2) is 20.4 Å². The highest BCUT2D eigenvalue weighted by Gasteiger charge is 1.99. The summed E-state index contributed by atoms with van der Waals surface area (Å²) < 4.78 is 21.3. The van der Waals surface area contributed by atoms with Crippen molar-refractivity contribution in [3.05, 3.63) is 12.2 Å². The van der Waals surface area contributed by atoms with Gasteiger partial charge in [0.2, 0.25) is 0 Å². The van der Waals surface area contributed by atoms with Crippen molar-refractivity contribution < 1.29 is 8.42 Å². The Morgan fingerprint density at radius 2 is 2.08 bits per heavy atom. The minimum Gasteiger partial charge on any atom is -0.229 e. The molecule has 0 aromatic rings. The Morgan fingerprint density at radius 1 is 1.42 bits per heavy atom. The maximum absolute atomic E-state index is 10.6. The average Bonchev–Trinajstić information content (AvgIpc) is 1.94. The number of nitrogens with zero attached hydrogens (tertiary/aromatic N) is 1. The van der Waals surface area contributed by atoms with Crippen LogP contribution in [0.1, 0.15) is 19.3 Å². The SMILES string of the molecule is CS(=O)(=O)CCCC/C=C/C#N. The fourth-order valence-corrected chi connectivity index (χ4v) is 1.49. The number of hydrogen-bond acceptors (Lipinski definition) is 3. The predicted octanol–water partition coefficient (Wildman–Crippen LogP) is 1.28. The van der Waals surface area contributed by atoms with Gasteiger partial charge in [-0.25, -0.2) is 8.42 Å². The van der Waals surface area contributed by atoms with E-state index < -0.39 is 9.84 Å². The van der Waals surface area contributed by atoms with Gasteiger partial charge in [-0.1, -0.05) is 6.08 Å². The first-order valence-electron chi connectivity index (χ1n) is 3.78. The fraction of sp³-hybridized carbons (Fsp3) is 0.625. The molecule has 0 saturated carbocycles. The lowest BCUT2D eigenvalue weighted by Crippen LogP contribution is -2.02. The smallest absolute Gasteiger partial charge is 0.147 e. The molecule has 0 spiro atoms. The first-order valence-corrected chi connectivity index (χ1v) is 5.84. The monoisotopic (exact) mass is 187 g/mol. The fourth-order valence-electron chi connectivity index (χ4n) is 0.762. The lowest BCUT2D eigenvalue weighted by atomic mass is 10.2. The van der Waals surface area contributed by atoms with E-state index in [0.717, 1.165) is 12.8 Å². The Labute approximate surface area is 73.6 Å². The Morgan fingerprint density at radius 3 is 2.58 bits per heavy atom. The molecule has 0 rings (SSSR count). The van der Waals surface area contributed by atoms with Crippen molar-refractivity contribution in [2.24, 2.45) is 0 Å². The summed E-state index contributed by atoms with van der Waals surface area (Å²) in [7, 11) is -2.81. The van der Waals surface area contributed by atoms with Crippen LogP contribution in [0.4, 0.5) is 0 Å². The molecule has 4 heteroatoms. The van der Waals surface area contributed by atoms with Crippen LogP contribution in [0.15, 0.2) is 12.2 Å². The van der Waals surface area contributed by atoms with Crippen LogP contribution in [0.2, 0.25) is 0 Å². The molecule has 0 atom stereocenters. The lowest BCUT2D eigenvalue weighted by Gasteiger charge is -1.94. The second-order valence-corrected chi connectivity index (χ2v) is 4.92. The zero-order valence-electron chi connectivity index (χ0n) is 7.16. The highest BCUT2D eigenvalue weighted by Crippen LogP contribution is 1.99. The largest absolute Gasteiger partial charge is 0.229 e. The van der Waals surface area contributed by atoms with Crippen LogP contribution in [-0.2, 0) is 9.84 Å². The number of unbranched alkanes of at least 4 members (excludes halogenated alkanes) is 2. The highest BCUT2D eigenvalue weighted by molar-refractivity contribution is 7.90. The van der Waals surface area contributed by atoms with Gasteiger partial charge in [0.1, 0.15) is 9.84 Å². The molecule has 0 N–H and O–H groups in total. The van der Waals surface area contributed by atoms with Crippen molar-refractivity contribution in [1.29, 1.82) is 5.26 Å². The van der Waals surface area contributed by atoms with E-state index in [4.69, 9.17) is 5.26 Å². The Bertz CT molecular complexity index is 272. The Kier molecular flexibility index (Phi) is 5.39. The molecule has 0 amide bonds. The van der Waals surface area contributed by atoms with E-state index in [1.807, 2.05) is 6.07 Å². The molecule has 0 aliphatic rings. The van der Waals surface area contributed by atoms with E-state index in [2.05, 4.69) is 0 Å². The molecule has 12 heavy (non-hydrogen) atoms. The average molecular weight is 187 g/mol. The molecule has 0 aromatic carbocycles. The topological polar surface area (TPSA) is 57.9 Å². The van der Waals surface area contributed by atoms with Crippen molar-refractivity contribution in [3.8, 4) is 6.07 Å². The number of rotatable bonds is 5. The van der Waals surface area contributed by atoms with Gasteiger partial charge in [0.05, 0.1) is 6.07 Å². The van der Waals surface area contributed by atoms with Crippen LogP contribution in [0, 0.1) is 11.3 Å². The van der Waals surface area contributed by atoms with Gasteiger partial charge in [-0.2, -0.15) is 5.26 Å². The third-order valence-corrected chi connectivity index (χ3v) is 2.36. The predicted molar refractivity (Wildman–Crippen MR) is 48.3 cm³/mol. The van der Waals surface area contributed by atoms with E-state index in [-0.39, 0.29) is 5.75 Å². The summed E-state index contributed by atoms with van der Waals surface area (Å²) in [5.74, 6) is 0.243. The van der Waals surface area contributed by atoms with Crippen molar-refractivity contribution in [2.45, 2.75) is 19.3 Å². The zero-order valence-corrected chi connectivity index (χ0v) is 7.97. The van der Waals surface area contributed by atoms with Gasteiger partial charge in [-0.3, -0.25) is 0 Å². The highest BCUT2D eigenvalue weighted by atomic mass is 32.2. The first kappa shape index (κ1) is 11.2. The van der Waals surface area contributed by atoms with Gasteiger partial charge in [0.15, 0.2) is 0 Å². The third kappa shape index (κ3) is 9.18. The van der Waals surface area contributed by atoms with Crippen LogP contribution in [0.3, 0.4) is 0 Å². The molecule has 0 aromatic heterocycles. The maximum Gasteiger partial charge on any atom is 0.147 e. The molecule has 0 radical (unpaired) electrons. The molecule has 0 heterocycles. The van der Waals surface area contributed by atoms with Crippen molar-refractivity contribution in [3.63, 3.8) is 0 Å². The minimum absolute atomic E-state index is 0.243. The number of sulfone groups is 1. The molecule has 0 aliphatic heterocycles. The molecule has 68 valence electrons. The number of hydrogen-bond donors (Lipinski definition) is 0. The van der Waals surface area contributed by atoms with Gasteiger partial charge in [-0.05, 0) is 19.3 Å². The molecule has 0 saturated heterocycles. The standard InChI is InChI=1S/C8H13NO2S/c1-12(10,11)8-6-4-2-3-5-7-9/h3,5H,2,4,6,8H2,1H3/b5-3+. The van der Waals surface area contributed by atoms with Crippen LogP contribution in [0.25, 0.3) is 0 Å². The first-order chi connectivity index (χ1) is 5.56. The second-order valence-electron chi connectivity index (χ2n) is 2.66. The molecule has 0 fully saturated rings. The van der Waals surface area contributed by atoms with E-state index >= 15 is 0 Å².